The summed E-state index contributed by atoms with van der Waals surface area (Å²) in [6, 6.07) is 7.04. The third-order valence-electron chi connectivity index (χ3n) is 2.47. The molecule has 1 rings (SSSR count). The zero-order valence-corrected chi connectivity index (χ0v) is 12.1. The van der Waals surface area contributed by atoms with Crippen molar-refractivity contribution >= 4 is 12.0 Å². The molecule has 0 saturated carbocycles. The molecule has 0 aliphatic rings. The van der Waals surface area contributed by atoms with Gasteiger partial charge in [-0.3, -0.25) is 4.79 Å². The summed E-state index contributed by atoms with van der Waals surface area (Å²) in [6.45, 7) is 3.67. The molecule has 0 bridgehead atoms. The zero-order valence-electron chi connectivity index (χ0n) is 12.1. The van der Waals surface area contributed by atoms with Crippen LogP contribution in [0.1, 0.15) is 19.4 Å². The maximum absolute atomic E-state index is 11.8. The fourth-order valence-electron chi connectivity index (χ4n) is 1.57. The first-order chi connectivity index (χ1) is 9.49. The van der Waals surface area contributed by atoms with E-state index in [0.717, 1.165) is 0 Å². The summed E-state index contributed by atoms with van der Waals surface area (Å²) in [7, 11) is 3.08. The van der Waals surface area contributed by atoms with Crippen molar-refractivity contribution in [3.8, 4) is 17.6 Å². The first-order valence-corrected chi connectivity index (χ1v) is 6.16. The van der Waals surface area contributed by atoms with Gasteiger partial charge in [0.25, 0.3) is 5.91 Å². The van der Waals surface area contributed by atoms with E-state index >= 15 is 0 Å². The van der Waals surface area contributed by atoms with Gasteiger partial charge in [-0.15, -0.1) is 0 Å². The van der Waals surface area contributed by atoms with E-state index in [9.17, 15) is 4.79 Å². The zero-order chi connectivity index (χ0) is 15.1. The van der Waals surface area contributed by atoms with Gasteiger partial charge in [0.1, 0.15) is 23.1 Å². The number of amides is 1. The van der Waals surface area contributed by atoms with Gasteiger partial charge in [0, 0.05) is 12.1 Å². The maximum Gasteiger partial charge on any atom is 0.262 e. The van der Waals surface area contributed by atoms with Crippen LogP contribution < -0.4 is 14.8 Å². The van der Waals surface area contributed by atoms with E-state index in [4.69, 9.17) is 14.7 Å². The van der Waals surface area contributed by atoms with Gasteiger partial charge in [0.15, 0.2) is 0 Å². The highest BCUT2D eigenvalue weighted by atomic mass is 16.5. The number of nitriles is 1. The fraction of sp³-hybridized carbons (Fsp3) is 0.333. The molecule has 5 heteroatoms. The number of carbonyl (C=O) groups is 1. The van der Waals surface area contributed by atoms with E-state index in [1.54, 1.807) is 32.4 Å². The molecule has 0 atom stereocenters. The Kier molecular flexibility index (Phi) is 5.60. The topological polar surface area (TPSA) is 71.3 Å². The van der Waals surface area contributed by atoms with Gasteiger partial charge >= 0.3 is 0 Å². The maximum atomic E-state index is 11.8. The Balaban J connectivity index is 3.12. The number of hydrogen-bond donors (Lipinski definition) is 1. The predicted molar refractivity (Wildman–Crippen MR) is 76.4 cm³/mol. The number of methoxy groups -OCH3 is 2. The fourth-order valence-corrected chi connectivity index (χ4v) is 1.57. The van der Waals surface area contributed by atoms with Gasteiger partial charge in [-0.2, -0.15) is 5.26 Å². The second-order valence-corrected chi connectivity index (χ2v) is 4.44. The van der Waals surface area contributed by atoms with E-state index in [-0.39, 0.29) is 11.6 Å². The number of nitrogens with one attached hydrogen (secondary N) is 1. The Morgan fingerprint density at radius 2 is 1.80 bits per heavy atom. The van der Waals surface area contributed by atoms with Crippen LogP contribution in [0.4, 0.5) is 0 Å². The van der Waals surface area contributed by atoms with Gasteiger partial charge in [0.05, 0.1) is 14.2 Å². The molecule has 106 valence electrons. The summed E-state index contributed by atoms with van der Waals surface area (Å²) in [5.74, 6) is 0.790. The highest BCUT2D eigenvalue weighted by Gasteiger charge is 2.10. The minimum absolute atomic E-state index is 0.0286. The first-order valence-electron chi connectivity index (χ1n) is 6.16. The van der Waals surface area contributed by atoms with Crippen LogP contribution in [-0.2, 0) is 4.79 Å². The van der Waals surface area contributed by atoms with Crippen molar-refractivity contribution in [2.45, 2.75) is 19.9 Å². The van der Waals surface area contributed by atoms with E-state index < -0.39 is 5.91 Å². The molecule has 0 fully saturated rings. The normalized spacial score (nSPS) is 10.9. The third-order valence-corrected chi connectivity index (χ3v) is 2.47. The third kappa shape index (κ3) is 4.32. The second kappa shape index (κ2) is 7.19. The van der Waals surface area contributed by atoms with Crippen molar-refractivity contribution < 1.29 is 14.3 Å². The number of ether oxygens (including phenoxy) is 2. The van der Waals surface area contributed by atoms with Crippen LogP contribution in [0.25, 0.3) is 6.08 Å². The number of hydrogen-bond acceptors (Lipinski definition) is 4. The molecular weight excluding hydrogens is 256 g/mol. The van der Waals surface area contributed by atoms with Crippen LogP contribution in [0.15, 0.2) is 23.8 Å². The molecule has 0 spiro atoms. The smallest absolute Gasteiger partial charge is 0.262 e. The van der Waals surface area contributed by atoms with Crippen LogP contribution >= 0.6 is 0 Å². The van der Waals surface area contributed by atoms with Crippen LogP contribution in [0, 0.1) is 11.3 Å². The Hall–Kier alpha value is -2.48. The summed E-state index contributed by atoms with van der Waals surface area (Å²) in [6.07, 6.45) is 1.50. The molecule has 1 N–H and O–H groups in total. The van der Waals surface area contributed by atoms with Crippen molar-refractivity contribution in [1.29, 1.82) is 5.26 Å². The lowest BCUT2D eigenvalue weighted by Crippen LogP contribution is -2.30. The van der Waals surface area contributed by atoms with Crippen LogP contribution in [0.3, 0.4) is 0 Å². The van der Waals surface area contributed by atoms with E-state index in [1.807, 2.05) is 19.9 Å². The standard InChI is InChI=1S/C15H18N2O3/c1-10(2)17-15(18)12(9-16)5-11-6-13(19-3)8-14(7-11)20-4/h5-8,10H,1-4H3,(H,17,18)/b12-5+. The largest absolute Gasteiger partial charge is 0.497 e. The molecule has 0 aliphatic heterocycles. The summed E-state index contributed by atoms with van der Waals surface area (Å²) in [5.41, 5.74) is 0.700. The van der Waals surface area contributed by atoms with Crippen molar-refractivity contribution in [3.05, 3.63) is 29.3 Å². The molecule has 20 heavy (non-hydrogen) atoms. The Bertz CT molecular complexity index is 534. The molecule has 0 aromatic heterocycles. The summed E-state index contributed by atoms with van der Waals surface area (Å²) < 4.78 is 10.3. The molecule has 0 unspecified atom stereocenters. The number of nitrogens with zero attached hydrogens (tertiary/aromatic N) is 1. The van der Waals surface area contributed by atoms with Crippen molar-refractivity contribution in [2.75, 3.05) is 14.2 Å². The lowest BCUT2D eigenvalue weighted by Gasteiger charge is -2.08. The van der Waals surface area contributed by atoms with E-state index in [0.29, 0.717) is 17.1 Å². The summed E-state index contributed by atoms with van der Waals surface area (Å²) in [5, 5.41) is 11.8. The minimum atomic E-state index is -0.399. The quantitative estimate of drug-likeness (QED) is 0.659. The lowest BCUT2D eigenvalue weighted by atomic mass is 10.1. The van der Waals surface area contributed by atoms with E-state index in [1.165, 1.54) is 6.08 Å². The molecule has 1 amide bonds. The molecule has 0 aliphatic carbocycles. The lowest BCUT2D eigenvalue weighted by molar-refractivity contribution is -0.117. The average Bonchev–Trinajstić information content (AvgIpc) is 2.43. The van der Waals surface area contributed by atoms with Gasteiger partial charge in [-0.05, 0) is 37.6 Å². The van der Waals surface area contributed by atoms with Crippen LogP contribution in [-0.4, -0.2) is 26.2 Å². The predicted octanol–water partition coefficient (Wildman–Crippen LogP) is 2.14. The number of carbonyl (C=O) groups excluding carboxylic acids is 1. The monoisotopic (exact) mass is 274 g/mol. The molecular formula is C15H18N2O3. The average molecular weight is 274 g/mol. The van der Waals surface area contributed by atoms with Crippen LogP contribution in [0.2, 0.25) is 0 Å². The molecule has 0 radical (unpaired) electrons. The van der Waals surface area contributed by atoms with Crippen molar-refractivity contribution in [2.24, 2.45) is 0 Å². The van der Waals surface area contributed by atoms with E-state index in [2.05, 4.69) is 5.32 Å². The van der Waals surface area contributed by atoms with Gasteiger partial charge in [-0.25, -0.2) is 0 Å². The van der Waals surface area contributed by atoms with Gasteiger partial charge in [-0.1, -0.05) is 0 Å². The molecule has 0 saturated heterocycles. The molecule has 5 nitrogen and oxygen atoms in total. The van der Waals surface area contributed by atoms with Crippen LogP contribution in [0.5, 0.6) is 11.5 Å². The summed E-state index contributed by atoms with van der Waals surface area (Å²) >= 11 is 0. The number of benzene rings is 1. The minimum Gasteiger partial charge on any atom is -0.497 e. The SMILES string of the molecule is COc1cc(/C=C(\C#N)C(=O)NC(C)C)cc(OC)c1. The van der Waals surface area contributed by atoms with Crippen molar-refractivity contribution in [1.82, 2.24) is 5.32 Å². The number of rotatable bonds is 5. The first kappa shape index (κ1) is 15.6. The Morgan fingerprint density at radius 3 is 2.20 bits per heavy atom. The molecule has 1 aromatic carbocycles. The Labute approximate surface area is 118 Å². The molecule has 0 heterocycles. The van der Waals surface area contributed by atoms with Gasteiger partial charge in [0.2, 0.25) is 0 Å². The highest BCUT2D eigenvalue weighted by Crippen LogP contribution is 2.24. The summed E-state index contributed by atoms with van der Waals surface area (Å²) in [4.78, 5) is 11.8. The molecule has 1 aromatic rings. The van der Waals surface area contributed by atoms with Crippen molar-refractivity contribution in [3.63, 3.8) is 0 Å². The highest BCUT2D eigenvalue weighted by molar-refractivity contribution is 6.01. The Morgan fingerprint density at radius 1 is 1.25 bits per heavy atom. The van der Waals surface area contributed by atoms with Gasteiger partial charge < -0.3 is 14.8 Å². The second-order valence-electron chi connectivity index (χ2n) is 4.44.